The standard InChI is InChI=1S/C19H37NO5S/c1-18(2)19(21)25-16-12-10-8-6-5-7-9-11-14-20(3,4)15-13-17-26(22,23)24/h1,5-17H2,2-4H3. The van der Waals surface area contributed by atoms with Crippen LogP contribution in [0.4, 0.5) is 0 Å². The lowest BCUT2D eigenvalue weighted by Crippen LogP contribution is -2.41. The molecular formula is C19H37NO5S. The molecule has 0 rings (SSSR count). The smallest absolute Gasteiger partial charge is 0.333 e. The summed E-state index contributed by atoms with van der Waals surface area (Å²) in [6.45, 7) is 7.40. The lowest BCUT2D eigenvalue weighted by Gasteiger charge is -2.30. The van der Waals surface area contributed by atoms with Crippen LogP contribution < -0.4 is 0 Å². The van der Waals surface area contributed by atoms with Gasteiger partial charge in [0.15, 0.2) is 0 Å². The molecule has 6 nitrogen and oxygen atoms in total. The Kier molecular flexibility index (Phi) is 12.8. The lowest BCUT2D eigenvalue weighted by atomic mass is 10.1. The minimum absolute atomic E-state index is 0.263. The molecular weight excluding hydrogens is 354 g/mol. The van der Waals surface area contributed by atoms with E-state index in [0.717, 1.165) is 43.3 Å². The summed E-state index contributed by atoms with van der Waals surface area (Å²) in [7, 11) is 0.0757. The number of hydrogen-bond donors (Lipinski definition) is 0. The first-order valence-electron chi connectivity index (χ1n) is 9.62. The second-order valence-electron chi connectivity index (χ2n) is 7.74. The molecule has 0 saturated heterocycles. The molecule has 0 aromatic carbocycles. The van der Waals surface area contributed by atoms with Crippen LogP contribution in [0.5, 0.6) is 0 Å². The van der Waals surface area contributed by atoms with Gasteiger partial charge in [-0.2, -0.15) is 0 Å². The van der Waals surface area contributed by atoms with Gasteiger partial charge in [0, 0.05) is 17.7 Å². The third-order valence-electron chi connectivity index (χ3n) is 4.40. The molecule has 0 fully saturated rings. The molecule has 7 heteroatoms. The van der Waals surface area contributed by atoms with Crippen LogP contribution in [0.2, 0.25) is 0 Å². The van der Waals surface area contributed by atoms with Gasteiger partial charge < -0.3 is 13.8 Å². The number of unbranched alkanes of at least 4 members (excludes halogenated alkanes) is 7. The maximum Gasteiger partial charge on any atom is 0.333 e. The van der Waals surface area contributed by atoms with Crippen LogP contribution in [0, 0.1) is 0 Å². The number of carbonyl (C=O) groups excluding carboxylic acids is 1. The largest absolute Gasteiger partial charge is 0.748 e. The Balaban J connectivity index is 3.47. The quantitative estimate of drug-likeness (QED) is 0.133. The van der Waals surface area contributed by atoms with Crippen molar-refractivity contribution in [2.24, 2.45) is 0 Å². The molecule has 0 aromatic rings. The molecule has 0 saturated carbocycles. The van der Waals surface area contributed by atoms with E-state index in [1.165, 1.54) is 25.7 Å². The Morgan fingerprint density at radius 2 is 1.38 bits per heavy atom. The summed E-state index contributed by atoms with van der Waals surface area (Å²) >= 11 is 0. The Hall–Kier alpha value is -0.920. The number of ether oxygens (including phenoxy) is 1. The van der Waals surface area contributed by atoms with Crippen molar-refractivity contribution in [3.8, 4) is 0 Å². The molecule has 0 heterocycles. The molecule has 0 aliphatic rings. The van der Waals surface area contributed by atoms with Crippen LogP contribution in [0.25, 0.3) is 0 Å². The Bertz CT molecular complexity index is 514. The van der Waals surface area contributed by atoms with Crippen molar-refractivity contribution in [3.05, 3.63) is 12.2 Å². The second kappa shape index (κ2) is 13.3. The Morgan fingerprint density at radius 1 is 0.923 bits per heavy atom. The van der Waals surface area contributed by atoms with E-state index in [-0.39, 0.29) is 11.7 Å². The third kappa shape index (κ3) is 16.5. The first kappa shape index (κ1) is 25.1. The number of hydrogen-bond acceptors (Lipinski definition) is 5. The maximum absolute atomic E-state index is 11.2. The predicted molar refractivity (Wildman–Crippen MR) is 104 cm³/mol. The van der Waals surface area contributed by atoms with E-state index in [4.69, 9.17) is 4.74 Å². The highest BCUT2D eigenvalue weighted by molar-refractivity contribution is 7.85. The fourth-order valence-corrected chi connectivity index (χ4v) is 3.25. The van der Waals surface area contributed by atoms with E-state index >= 15 is 0 Å². The zero-order valence-corrected chi connectivity index (χ0v) is 17.6. The summed E-state index contributed by atoms with van der Waals surface area (Å²) < 4.78 is 37.7. The molecule has 26 heavy (non-hydrogen) atoms. The first-order chi connectivity index (χ1) is 12.0. The number of quaternary nitrogens is 1. The summed E-state index contributed by atoms with van der Waals surface area (Å²) in [5.41, 5.74) is 0.447. The SMILES string of the molecule is C=C(C)C(=O)OCCCCCCCCCC[N+](C)(C)CCCS(=O)(=O)[O-]. The molecule has 154 valence electrons. The first-order valence-corrected chi connectivity index (χ1v) is 11.2. The highest BCUT2D eigenvalue weighted by Crippen LogP contribution is 2.11. The molecule has 0 bridgehead atoms. The van der Waals surface area contributed by atoms with Crippen LogP contribution in [-0.2, 0) is 19.6 Å². The zero-order valence-electron chi connectivity index (χ0n) is 16.8. The van der Waals surface area contributed by atoms with Crippen molar-refractivity contribution < 1.29 is 27.0 Å². The van der Waals surface area contributed by atoms with Crippen LogP contribution in [0.3, 0.4) is 0 Å². The predicted octanol–water partition coefficient (Wildman–Crippen LogP) is 3.24. The van der Waals surface area contributed by atoms with Crippen molar-refractivity contribution in [1.82, 2.24) is 0 Å². The summed E-state index contributed by atoms with van der Waals surface area (Å²) in [4.78, 5) is 11.2. The van der Waals surface area contributed by atoms with Crippen molar-refractivity contribution >= 4 is 16.1 Å². The van der Waals surface area contributed by atoms with E-state index < -0.39 is 10.1 Å². The Labute approximate surface area is 159 Å². The monoisotopic (exact) mass is 391 g/mol. The number of nitrogens with zero attached hydrogens (tertiary/aromatic N) is 1. The maximum atomic E-state index is 11.2. The van der Waals surface area contributed by atoms with E-state index in [2.05, 4.69) is 20.7 Å². The van der Waals surface area contributed by atoms with Gasteiger partial charge in [-0.15, -0.1) is 0 Å². The van der Waals surface area contributed by atoms with Gasteiger partial charge in [0.25, 0.3) is 0 Å². The molecule has 0 amide bonds. The number of rotatable bonds is 16. The van der Waals surface area contributed by atoms with E-state index in [1.807, 2.05) is 0 Å². The van der Waals surface area contributed by atoms with Crippen LogP contribution in [-0.4, -0.2) is 63.0 Å². The van der Waals surface area contributed by atoms with Crippen molar-refractivity contribution in [2.45, 2.75) is 64.7 Å². The molecule has 0 atom stereocenters. The molecule has 0 aromatic heterocycles. The highest BCUT2D eigenvalue weighted by Gasteiger charge is 2.14. The number of esters is 1. The van der Waals surface area contributed by atoms with Gasteiger partial charge in [-0.25, -0.2) is 13.2 Å². The fraction of sp³-hybridized carbons (Fsp3) is 0.842. The minimum atomic E-state index is -4.09. The van der Waals surface area contributed by atoms with Crippen molar-refractivity contribution in [2.75, 3.05) is 39.5 Å². The minimum Gasteiger partial charge on any atom is -0.748 e. The van der Waals surface area contributed by atoms with Gasteiger partial charge in [0.05, 0.1) is 43.9 Å². The van der Waals surface area contributed by atoms with Gasteiger partial charge in [0.1, 0.15) is 0 Å². The molecule has 0 unspecified atom stereocenters. The average molecular weight is 392 g/mol. The van der Waals surface area contributed by atoms with E-state index in [1.54, 1.807) is 6.92 Å². The highest BCUT2D eigenvalue weighted by atomic mass is 32.2. The van der Waals surface area contributed by atoms with Crippen molar-refractivity contribution in [3.63, 3.8) is 0 Å². The fourth-order valence-electron chi connectivity index (χ4n) is 2.77. The van der Waals surface area contributed by atoms with Gasteiger partial charge in [-0.05, 0) is 26.2 Å². The molecule has 0 spiro atoms. The number of carbonyl (C=O) groups is 1. The van der Waals surface area contributed by atoms with Crippen molar-refractivity contribution in [1.29, 1.82) is 0 Å². The zero-order chi connectivity index (χ0) is 20.1. The summed E-state index contributed by atoms with van der Waals surface area (Å²) in [6.07, 6.45) is 9.50. The van der Waals surface area contributed by atoms with Gasteiger partial charge in [-0.1, -0.05) is 38.7 Å². The van der Waals surface area contributed by atoms with E-state index in [9.17, 15) is 17.8 Å². The average Bonchev–Trinajstić information content (AvgIpc) is 2.50. The van der Waals surface area contributed by atoms with E-state index in [0.29, 0.717) is 18.6 Å². The summed E-state index contributed by atoms with van der Waals surface area (Å²) in [5.74, 6) is -0.567. The lowest BCUT2D eigenvalue weighted by molar-refractivity contribution is -0.890. The van der Waals surface area contributed by atoms with Gasteiger partial charge >= 0.3 is 5.97 Å². The summed E-state index contributed by atoms with van der Waals surface area (Å²) in [5, 5.41) is 0. The molecule has 0 aliphatic heterocycles. The van der Waals surface area contributed by atoms with Crippen LogP contribution in [0.1, 0.15) is 64.7 Å². The van der Waals surface area contributed by atoms with Gasteiger partial charge in [0.2, 0.25) is 0 Å². The Morgan fingerprint density at radius 3 is 1.88 bits per heavy atom. The van der Waals surface area contributed by atoms with Crippen LogP contribution in [0.15, 0.2) is 12.2 Å². The normalized spacial score (nSPS) is 12.2. The van der Waals surface area contributed by atoms with Crippen LogP contribution >= 0.6 is 0 Å². The summed E-state index contributed by atoms with van der Waals surface area (Å²) in [6, 6.07) is 0. The molecule has 0 aliphatic carbocycles. The second-order valence-corrected chi connectivity index (χ2v) is 9.27. The third-order valence-corrected chi connectivity index (χ3v) is 5.19. The molecule has 0 radical (unpaired) electrons. The molecule has 0 N–H and O–H groups in total. The topological polar surface area (TPSA) is 83.5 Å². The van der Waals surface area contributed by atoms with Gasteiger partial charge in [-0.3, -0.25) is 0 Å².